The highest BCUT2D eigenvalue weighted by Gasteiger charge is 2.45. The number of amides is 1. The van der Waals surface area contributed by atoms with E-state index in [2.05, 4.69) is 18.3 Å². The van der Waals surface area contributed by atoms with E-state index in [0.717, 1.165) is 19.3 Å². The van der Waals surface area contributed by atoms with Gasteiger partial charge in [0.15, 0.2) is 0 Å². The maximum atomic E-state index is 12.2. The summed E-state index contributed by atoms with van der Waals surface area (Å²) in [5.41, 5.74) is 1.42. The Morgan fingerprint density at radius 3 is 3.00 bits per heavy atom. The molecule has 2 aliphatic carbocycles. The molecule has 2 aliphatic rings. The molecule has 0 saturated heterocycles. The molecule has 0 aliphatic heterocycles. The van der Waals surface area contributed by atoms with Crippen LogP contribution in [0.3, 0.4) is 0 Å². The van der Waals surface area contributed by atoms with Crippen LogP contribution in [0.5, 0.6) is 0 Å². The third-order valence-electron chi connectivity index (χ3n) is 3.60. The van der Waals surface area contributed by atoms with Crippen molar-refractivity contribution in [3.8, 4) is 0 Å². The van der Waals surface area contributed by atoms with Crippen LogP contribution in [0.2, 0.25) is 0 Å². The lowest BCUT2D eigenvalue weighted by atomic mass is 9.70. The summed E-state index contributed by atoms with van der Waals surface area (Å²) >= 11 is 0. The van der Waals surface area contributed by atoms with Gasteiger partial charge in [0.05, 0.1) is 5.41 Å². The fourth-order valence-electron chi connectivity index (χ4n) is 3.10. The molecule has 1 amide bonds. The Morgan fingerprint density at radius 1 is 1.60 bits per heavy atom. The summed E-state index contributed by atoms with van der Waals surface area (Å²) in [6, 6.07) is 0.258. The molecule has 15 heavy (non-hydrogen) atoms. The van der Waals surface area contributed by atoms with E-state index in [-0.39, 0.29) is 17.4 Å². The lowest BCUT2D eigenvalue weighted by Gasteiger charge is -2.35. The van der Waals surface area contributed by atoms with Crippen molar-refractivity contribution in [2.24, 2.45) is 11.3 Å². The molecule has 0 heterocycles. The minimum absolute atomic E-state index is 0.0860. The zero-order valence-electron chi connectivity index (χ0n) is 9.97. The summed E-state index contributed by atoms with van der Waals surface area (Å²) < 4.78 is 0. The van der Waals surface area contributed by atoms with Gasteiger partial charge in [0, 0.05) is 6.04 Å². The van der Waals surface area contributed by atoms with Crippen molar-refractivity contribution >= 4 is 5.91 Å². The van der Waals surface area contributed by atoms with Crippen LogP contribution in [0.1, 0.15) is 46.5 Å². The molecule has 2 rings (SSSR count). The number of nitrogens with one attached hydrogen (secondary N) is 1. The Morgan fingerprint density at radius 2 is 2.33 bits per heavy atom. The standard InChI is InChI=1S/C13H21NO/c1-9(2)14-12(15)13-5-4-11(8-13)6-10(3)7-13/h4,9-10H,5-8H2,1-3H3,(H,14,15). The van der Waals surface area contributed by atoms with Gasteiger partial charge in [0.1, 0.15) is 0 Å². The molecule has 0 spiro atoms. The quantitative estimate of drug-likeness (QED) is 0.693. The second kappa shape index (κ2) is 3.66. The van der Waals surface area contributed by atoms with Gasteiger partial charge in [0.25, 0.3) is 0 Å². The monoisotopic (exact) mass is 207 g/mol. The van der Waals surface area contributed by atoms with Crippen molar-refractivity contribution < 1.29 is 4.79 Å². The molecule has 2 bridgehead atoms. The average molecular weight is 207 g/mol. The molecule has 0 aromatic rings. The fourth-order valence-corrected chi connectivity index (χ4v) is 3.10. The lowest BCUT2D eigenvalue weighted by Crippen LogP contribution is -2.44. The number of hydrogen-bond acceptors (Lipinski definition) is 1. The molecule has 2 unspecified atom stereocenters. The molecule has 84 valence electrons. The fraction of sp³-hybridized carbons (Fsp3) is 0.769. The highest BCUT2D eigenvalue weighted by molar-refractivity contribution is 5.84. The van der Waals surface area contributed by atoms with Crippen LogP contribution in [-0.2, 0) is 4.79 Å². The van der Waals surface area contributed by atoms with E-state index in [0.29, 0.717) is 5.92 Å². The lowest BCUT2D eigenvalue weighted by molar-refractivity contribution is -0.132. The molecule has 1 fully saturated rings. The van der Waals surface area contributed by atoms with Crippen molar-refractivity contribution in [1.29, 1.82) is 0 Å². The molecule has 1 saturated carbocycles. The SMILES string of the molecule is CC1CC2=CCC(C(=O)NC(C)C)(C2)C1. The van der Waals surface area contributed by atoms with Crippen LogP contribution in [-0.4, -0.2) is 11.9 Å². The molecule has 2 nitrogen and oxygen atoms in total. The highest BCUT2D eigenvalue weighted by Crippen LogP contribution is 2.49. The maximum absolute atomic E-state index is 12.2. The van der Waals surface area contributed by atoms with Crippen LogP contribution in [0.4, 0.5) is 0 Å². The van der Waals surface area contributed by atoms with Crippen LogP contribution < -0.4 is 5.32 Å². The third-order valence-corrected chi connectivity index (χ3v) is 3.60. The van der Waals surface area contributed by atoms with Crippen LogP contribution in [0.25, 0.3) is 0 Å². The molecule has 0 aromatic heterocycles. The van der Waals surface area contributed by atoms with E-state index in [1.807, 2.05) is 13.8 Å². The normalized spacial score (nSPS) is 34.1. The molecule has 2 atom stereocenters. The minimum atomic E-state index is -0.0860. The molecular formula is C13H21NO. The number of carbonyl (C=O) groups excluding carboxylic acids is 1. The molecule has 0 aromatic carbocycles. The molecular weight excluding hydrogens is 186 g/mol. The highest BCUT2D eigenvalue weighted by atomic mass is 16.2. The Labute approximate surface area is 92.1 Å². The average Bonchev–Trinajstić information content (AvgIpc) is 2.42. The molecule has 1 N–H and O–H groups in total. The first-order valence-corrected chi connectivity index (χ1v) is 6.01. The Bertz CT molecular complexity index is 306. The van der Waals surface area contributed by atoms with Gasteiger partial charge < -0.3 is 5.32 Å². The maximum Gasteiger partial charge on any atom is 0.227 e. The van der Waals surface area contributed by atoms with Gasteiger partial charge in [-0.25, -0.2) is 0 Å². The zero-order valence-corrected chi connectivity index (χ0v) is 9.97. The van der Waals surface area contributed by atoms with Crippen LogP contribution in [0, 0.1) is 11.3 Å². The summed E-state index contributed by atoms with van der Waals surface area (Å²) in [5.74, 6) is 0.945. The Balaban J connectivity index is 2.11. The van der Waals surface area contributed by atoms with E-state index in [9.17, 15) is 4.79 Å². The first-order chi connectivity index (χ1) is 7.02. The van der Waals surface area contributed by atoms with Gasteiger partial charge >= 0.3 is 0 Å². The predicted molar refractivity (Wildman–Crippen MR) is 61.4 cm³/mol. The van der Waals surface area contributed by atoms with Gasteiger partial charge in [-0.05, 0) is 45.4 Å². The van der Waals surface area contributed by atoms with E-state index >= 15 is 0 Å². The van der Waals surface area contributed by atoms with Crippen LogP contribution in [0.15, 0.2) is 11.6 Å². The van der Waals surface area contributed by atoms with E-state index < -0.39 is 0 Å². The predicted octanol–water partition coefficient (Wildman–Crippen LogP) is 2.65. The smallest absolute Gasteiger partial charge is 0.227 e. The number of rotatable bonds is 2. The summed E-state index contributed by atoms with van der Waals surface area (Å²) in [6.45, 7) is 6.32. The molecule has 0 radical (unpaired) electrons. The Kier molecular flexibility index (Phi) is 2.61. The van der Waals surface area contributed by atoms with Crippen molar-refractivity contribution in [1.82, 2.24) is 5.32 Å². The second-order valence-corrected chi connectivity index (χ2v) is 5.67. The summed E-state index contributed by atoms with van der Waals surface area (Å²) in [4.78, 5) is 12.2. The van der Waals surface area contributed by atoms with Gasteiger partial charge in [-0.15, -0.1) is 0 Å². The van der Waals surface area contributed by atoms with Gasteiger partial charge in [-0.1, -0.05) is 18.6 Å². The molecule has 2 heteroatoms. The number of fused-ring (bicyclic) bond motifs is 2. The van der Waals surface area contributed by atoms with Crippen LogP contribution >= 0.6 is 0 Å². The van der Waals surface area contributed by atoms with Crippen molar-refractivity contribution in [2.75, 3.05) is 0 Å². The zero-order chi connectivity index (χ0) is 11.1. The van der Waals surface area contributed by atoms with Gasteiger partial charge in [-0.2, -0.15) is 0 Å². The van der Waals surface area contributed by atoms with E-state index in [1.165, 1.54) is 12.0 Å². The van der Waals surface area contributed by atoms with E-state index in [4.69, 9.17) is 0 Å². The number of carbonyl (C=O) groups is 1. The van der Waals surface area contributed by atoms with Crippen molar-refractivity contribution in [3.05, 3.63) is 11.6 Å². The first kappa shape index (κ1) is 10.7. The van der Waals surface area contributed by atoms with Crippen molar-refractivity contribution in [2.45, 2.75) is 52.5 Å². The van der Waals surface area contributed by atoms with Crippen molar-refractivity contribution in [3.63, 3.8) is 0 Å². The topological polar surface area (TPSA) is 29.1 Å². The summed E-state index contributed by atoms with van der Waals surface area (Å²) in [6.07, 6.45) is 6.53. The summed E-state index contributed by atoms with van der Waals surface area (Å²) in [7, 11) is 0. The second-order valence-electron chi connectivity index (χ2n) is 5.67. The first-order valence-electron chi connectivity index (χ1n) is 6.01. The number of hydrogen-bond donors (Lipinski definition) is 1. The number of allylic oxidation sites excluding steroid dienone is 2. The van der Waals surface area contributed by atoms with Gasteiger partial charge in [-0.3, -0.25) is 4.79 Å². The summed E-state index contributed by atoms with van der Waals surface area (Å²) in [5, 5.41) is 3.08. The van der Waals surface area contributed by atoms with Gasteiger partial charge in [0.2, 0.25) is 5.91 Å². The third kappa shape index (κ3) is 1.95. The Hall–Kier alpha value is -0.790. The largest absolute Gasteiger partial charge is 0.353 e. The minimum Gasteiger partial charge on any atom is -0.353 e. The van der Waals surface area contributed by atoms with E-state index in [1.54, 1.807) is 0 Å².